The molecule has 0 rings (SSSR count). The minimum absolute atomic E-state index is 0.683. The molecule has 2 N–H and O–H groups in total. The van der Waals surface area contributed by atoms with E-state index in [2.05, 4.69) is 27.6 Å². The number of rotatable bonds is 6. The fourth-order valence-electron chi connectivity index (χ4n) is 0.734. The summed E-state index contributed by atoms with van der Waals surface area (Å²) in [5.74, 6) is -5.54. The molecule has 0 radical (unpaired) electrons. The maximum atomic E-state index is 11.4. The second-order valence-corrected chi connectivity index (χ2v) is 3.81. The zero-order valence-corrected chi connectivity index (χ0v) is 10.4. The van der Waals surface area contributed by atoms with Crippen LogP contribution in [0.4, 0.5) is 0 Å². The molecule has 0 aliphatic heterocycles. The molecule has 0 amide bonds. The predicted molar refractivity (Wildman–Crippen MR) is 60.9 cm³/mol. The number of aliphatic imine (C=N–C) groups is 1. The lowest BCUT2D eigenvalue weighted by Crippen LogP contribution is -2.56. The lowest BCUT2D eigenvalue weighted by atomic mass is 10.1. The first kappa shape index (κ1) is 16.7. The van der Waals surface area contributed by atoms with Crippen molar-refractivity contribution < 1.29 is 34.1 Å². The highest BCUT2D eigenvalue weighted by molar-refractivity contribution is 5.88. The van der Waals surface area contributed by atoms with Crippen LogP contribution in [-0.4, -0.2) is 39.8 Å². The van der Waals surface area contributed by atoms with Gasteiger partial charge in [0.25, 0.3) is 0 Å². The minimum atomic E-state index is -3.00. The molecule has 0 fully saturated rings. The van der Waals surface area contributed by atoms with E-state index in [9.17, 15) is 24.6 Å². The van der Waals surface area contributed by atoms with E-state index >= 15 is 0 Å². The molecule has 8 nitrogen and oxygen atoms in total. The maximum absolute atomic E-state index is 11.4. The van der Waals surface area contributed by atoms with E-state index in [0.717, 1.165) is 19.9 Å². The predicted octanol–water partition coefficient (Wildman–Crippen LogP) is -0.475. The monoisotopic (exact) mass is 271 g/mol. The molecule has 0 aromatic rings. The Morgan fingerprint density at radius 1 is 1.32 bits per heavy atom. The van der Waals surface area contributed by atoms with E-state index in [1.165, 1.54) is 0 Å². The second-order valence-electron chi connectivity index (χ2n) is 3.81. The minimum Gasteiger partial charge on any atom is -0.393 e. The lowest BCUT2D eigenvalue weighted by Gasteiger charge is -2.35. The highest BCUT2D eigenvalue weighted by atomic mass is 16.9. The SMILES string of the molecule is C=CC(=O)OC(O)(OC(=O)C(=C)N=C=O)C(C)(C)O. The van der Waals surface area contributed by atoms with Gasteiger partial charge < -0.3 is 19.7 Å². The van der Waals surface area contributed by atoms with E-state index in [1.807, 2.05) is 0 Å². The summed E-state index contributed by atoms with van der Waals surface area (Å²) < 4.78 is 8.77. The third kappa shape index (κ3) is 4.47. The van der Waals surface area contributed by atoms with Crippen LogP contribution in [-0.2, 0) is 23.9 Å². The molecular weight excluding hydrogens is 258 g/mol. The summed E-state index contributed by atoms with van der Waals surface area (Å²) in [5, 5.41) is 19.5. The first-order valence-corrected chi connectivity index (χ1v) is 4.87. The van der Waals surface area contributed by atoms with Crippen molar-refractivity contribution >= 4 is 18.0 Å². The Kier molecular flexibility index (Phi) is 5.33. The van der Waals surface area contributed by atoms with Crippen LogP contribution in [0.15, 0.2) is 29.9 Å². The highest BCUT2D eigenvalue weighted by Gasteiger charge is 2.51. The van der Waals surface area contributed by atoms with E-state index < -0.39 is 29.2 Å². The van der Waals surface area contributed by atoms with Gasteiger partial charge in [-0.1, -0.05) is 13.2 Å². The Bertz CT molecular complexity index is 456. The molecule has 0 saturated carbocycles. The van der Waals surface area contributed by atoms with Crippen molar-refractivity contribution in [3.63, 3.8) is 0 Å². The molecule has 8 heteroatoms. The molecule has 0 saturated heterocycles. The Hall–Kier alpha value is -2.28. The first-order valence-electron chi connectivity index (χ1n) is 4.87. The Labute approximate surface area is 108 Å². The van der Waals surface area contributed by atoms with Crippen molar-refractivity contribution in [3.8, 4) is 0 Å². The topological polar surface area (TPSA) is 122 Å². The van der Waals surface area contributed by atoms with Crippen LogP contribution in [0.2, 0.25) is 0 Å². The molecule has 0 bridgehead atoms. The van der Waals surface area contributed by atoms with Gasteiger partial charge in [-0.25, -0.2) is 14.4 Å². The van der Waals surface area contributed by atoms with Crippen molar-refractivity contribution in [2.75, 3.05) is 0 Å². The summed E-state index contributed by atoms with van der Waals surface area (Å²) in [5.41, 5.74) is -2.86. The van der Waals surface area contributed by atoms with Crippen molar-refractivity contribution in [2.45, 2.75) is 25.4 Å². The van der Waals surface area contributed by atoms with Crippen LogP contribution in [0.5, 0.6) is 0 Å². The number of ether oxygens (including phenoxy) is 2. The summed E-state index contributed by atoms with van der Waals surface area (Å²) in [6, 6.07) is 0. The van der Waals surface area contributed by atoms with Gasteiger partial charge >= 0.3 is 17.9 Å². The molecule has 0 aromatic heterocycles. The number of aliphatic hydroxyl groups is 2. The molecule has 0 spiro atoms. The summed E-state index contributed by atoms with van der Waals surface area (Å²) in [4.78, 5) is 35.2. The average molecular weight is 271 g/mol. The van der Waals surface area contributed by atoms with Gasteiger partial charge in [0.05, 0.1) is 0 Å². The van der Waals surface area contributed by atoms with Gasteiger partial charge in [0.1, 0.15) is 0 Å². The largest absolute Gasteiger partial charge is 0.404 e. The third-order valence-corrected chi connectivity index (χ3v) is 1.83. The average Bonchev–Trinajstić information content (AvgIpc) is 2.27. The third-order valence-electron chi connectivity index (χ3n) is 1.83. The van der Waals surface area contributed by atoms with E-state index in [0.29, 0.717) is 6.08 Å². The molecule has 0 aliphatic carbocycles. The Morgan fingerprint density at radius 3 is 2.21 bits per heavy atom. The van der Waals surface area contributed by atoms with Gasteiger partial charge in [0.15, 0.2) is 11.3 Å². The summed E-state index contributed by atoms with van der Waals surface area (Å²) in [6.45, 7) is 8.16. The maximum Gasteiger partial charge on any atom is 0.404 e. The first-order chi connectivity index (χ1) is 8.57. The van der Waals surface area contributed by atoms with E-state index in [1.54, 1.807) is 0 Å². The van der Waals surface area contributed by atoms with Gasteiger partial charge in [-0.15, -0.1) is 0 Å². The van der Waals surface area contributed by atoms with Crippen LogP contribution < -0.4 is 0 Å². The molecule has 104 valence electrons. The lowest BCUT2D eigenvalue weighted by molar-refractivity contribution is -0.382. The normalized spacial score (nSPS) is 13.5. The number of carbonyl (C=O) groups is 2. The number of nitrogens with zero attached hydrogens (tertiary/aromatic N) is 1. The van der Waals surface area contributed by atoms with Gasteiger partial charge in [0, 0.05) is 6.08 Å². The highest BCUT2D eigenvalue weighted by Crippen LogP contribution is 2.26. The van der Waals surface area contributed by atoms with Crippen LogP contribution in [0, 0.1) is 0 Å². The number of esters is 2. The summed E-state index contributed by atoms with van der Waals surface area (Å²) in [6.07, 6.45) is 1.71. The summed E-state index contributed by atoms with van der Waals surface area (Å²) in [7, 11) is 0. The van der Waals surface area contributed by atoms with Crippen LogP contribution in [0.25, 0.3) is 0 Å². The molecule has 0 heterocycles. The fraction of sp³-hybridized carbons (Fsp3) is 0.364. The van der Waals surface area contributed by atoms with Crippen molar-refractivity contribution in [3.05, 3.63) is 24.9 Å². The molecule has 1 unspecified atom stereocenters. The molecule has 1 atom stereocenters. The van der Waals surface area contributed by atoms with Crippen molar-refractivity contribution in [1.29, 1.82) is 0 Å². The zero-order valence-electron chi connectivity index (χ0n) is 10.4. The molecule has 0 aliphatic rings. The molecule has 19 heavy (non-hydrogen) atoms. The molecule has 0 aromatic carbocycles. The number of isocyanates is 1. The smallest absolute Gasteiger partial charge is 0.393 e. The number of hydrogen-bond donors (Lipinski definition) is 2. The fourth-order valence-corrected chi connectivity index (χ4v) is 0.734. The van der Waals surface area contributed by atoms with Crippen molar-refractivity contribution in [1.82, 2.24) is 0 Å². The van der Waals surface area contributed by atoms with E-state index in [-0.39, 0.29) is 0 Å². The molecular formula is C11H13NO7. The number of hydrogen-bond acceptors (Lipinski definition) is 8. The second kappa shape index (κ2) is 6.05. The van der Waals surface area contributed by atoms with Crippen LogP contribution >= 0.6 is 0 Å². The van der Waals surface area contributed by atoms with Gasteiger partial charge in [-0.3, -0.25) is 0 Å². The Balaban J connectivity index is 5.24. The standard InChI is InChI=1S/C11H13NO7/c1-5-8(14)18-11(17,10(3,4)16)19-9(15)7(2)12-6-13/h5,16-17H,1-2H2,3-4H3. The summed E-state index contributed by atoms with van der Waals surface area (Å²) >= 11 is 0. The van der Waals surface area contributed by atoms with Gasteiger partial charge in [-0.2, -0.15) is 4.99 Å². The van der Waals surface area contributed by atoms with E-state index in [4.69, 9.17) is 0 Å². The van der Waals surface area contributed by atoms with Gasteiger partial charge in [0.2, 0.25) is 6.08 Å². The number of carbonyl (C=O) groups excluding carboxylic acids is 3. The quantitative estimate of drug-likeness (QED) is 0.220. The van der Waals surface area contributed by atoms with Crippen LogP contribution in [0.1, 0.15) is 13.8 Å². The zero-order chi connectivity index (χ0) is 15.3. The van der Waals surface area contributed by atoms with Crippen LogP contribution in [0.3, 0.4) is 0 Å². The Morgan fingerprint density at radius 2 is 1.84 bits per heavy atom. The van der Waals surface area contributed by atoms with Gasteiger partial charge in [-0.05, 0) is 13.8 Å². The van der Waals surface area contributed by atoms with Crippen molar-refractivity contribution in [2.24, 2.45) is 4.99 Å².